The monoisotopic (exact) mass is 466 g/mol. The summed E-state index contributed by atoms with van der Waals surface area (Å²) >= 11 is 0. The fraction of sp³-hybridized carbons (Fsp3) is 0.308. The number of hydrogen-bond donors (Lipinski definition) is 0. The number of rotatable bonds is 6. The van der Waals surface area contributed by atoms with Crippen molar-refractivity contribution in [2.24, 2.45) is 0 Å². The Morgan fingerprint density at radius 2 is 1.62 bits per heavy atom. The van der Waals surface area contributed by atoms with Crippen LogP contribution in [0.1, 0.15) is 42.8 Å². The Morgan fingerprint density at radius 1 is 0.941 bits per heavy atom. The maximum Gasteiger partial charge on any atom is 0.313 e. The number of carbonyl (C=O) groups excluding carboxylic acids is 3. The molecule has 1 atom stereocenters. The van der Waals surface area contributed by atoms with E-state index in [1.165, 1.54) is 6.07 Å². The molecule has 0 amide bonds. The number of ketones is 1. The third-order valence-electron chi connectivity index (χ3n) is 4.90. The van der Waals surface area contributed by atoms with Crippen LogP contribution in [0.2, 0.25) is 0 Å². The number of benzene rings is 2. The second kappa shape index (κ2) is 11.8. The molecule has 34 heavy (non-hydrogen) atoms. The van der Waals surface area contributed by atoms with E-state index < -0.39 is 12.1 Å². The fourth-order valence-corrected chi connectivity index (χ4v) is 3.45. The molecular formula is C26H26O8. The minimum absolute atomic E-state index is 0.0150. The summed E-state index contributed by atoms with van der Waals surface area (Å²) in [7, 11) is 0. The van der Waals surface area contributed by atoms with Crippen LogP contribution in [0.15, 0.2) is 63.8 Å². The second-order valence-corrected chi connectivity index (χ2v) is 7.43. The summed E-state index contributed by atoms with van der Waals surface area (Å²) in [5.41, 5.74) is 0.929. The van der Waals surface area contributed by atoms with E-state index in [4.69, 9.17) is 18.6 Å². The number of para-hydroxylation sites is 2. The van der Waals surface area contributed by atoms with Gasteiger partial charge in [0.05, 0.1) is 30.6 Å². The minimum atomic E-state index is -0.406. The molecule has 8 nitrogen and oxygen atoms in total. The lowest BCUT2D eigenvalue weighted by Crippen LogP contribution is -2.29. The van der Waals surface area contributed by atoms with E-state index in [1.807, 2.05) is 0 Å². The van der Waals surface area contributed by atoms with Crippen molar-refractivity contribution in [3.63, 3.8) is 0 Å². The van der Waals surface area contributed by atoms with Crippen molar-refractivity contribution in [1.82, 2.24) is 0 Å². The van der Waals surface area contributed by atoms with Gasteiger partial charge in [0.25, 0.3) is 0 Å². The van der Waals surface area contributed by atoms with Gasteiger partial charge >= 0.3 is 11.9 Å². The first kappa shape index (κ1) is 24.7. The lowest BCUT2D eigenvalue weighted by Gasteiger charge is -2.24. The molecule has 0 saturated heterocycles. The molecule has 0 bridgehead atoms. The molecule has 0 radical (unpaired) electrons. The van der Waals surface area contributed by atoms with Gasteiger partial charge in [-0.2, -0.15) is 0 Å². The number of fused-ring (bicyclic) bond motifs is 2. The van der Waals surface area contributed by atoms with E-state index in [-0.39, 0.29) is 36.4 Å². The first-order valence-electron chi connectivity index (χ1n) is 11.0. The van der Waals surface area contributed by atoms with Crippen molar-refractivity contribution >= 4 is 28.7 Å². The Labute approximate surface area is 196 Å². The Bertz CT molecular complexity index is 1230. The second-order valence-electron chi connectivity index (χ2n) is 7.43. The third kappa shape index (κ3) is 6.54. The average molecular weight is 466 g/mol. The molecule has 4 rings (SSSR count). The molecule has 178 valence electrons. The standard InChI is InChI=1S/C13H14O4.C13H12O4/c2*1-2-16-13(15)8-9-7-11(14)10-5-3-4-6-12(10)17-9/h3-6,9H,2,7-8H2,1H3;3-7H,2,8H2,1H3. The van der Waals surface area contributed by atoms with Crippen LogP contribution in [0.25, 0.3) is 11.0 Å². The largest absolute Gasteiger partial charge is 0.489 e. The van der Waals surface area contributed by atoms with Crippen LogP contribution < -0.4 is 10.2 Å². The maximum atomic E-state index is 11.8. The van der Waals surface area contributed by atoms with E-state index in [1.54, 1.807) is 62.4 Å². The summed E-state index contributed by atoms with van der Waals surface area (Å²) in [6.07, 6.45) is -0.0751. The highest BCUT2D eigenvalue weighted by Gasteiger charge is 2.28. The van der Waals surface area contributed by atoms with Crippen molar-refractivity contribution in [2.75, 3.05) is 13.2 Å². The van der Waals surface area contributed by atoms with Gasteiger partial charge in [0.15, 0.2) is 11.2 Å². The van der Waals surface area contributed by atoms with Crippen LogP contribution in [-0.2, 0) is 25.5 Å². The zero-order chi connectivity index (χ0) is 24.5. The van der Waals surface area contributed by atoms with Crippen LogP contribution in [0, 0.1) is 0 Å². The minimum Gasteiger partial charge on any atom is -0.489 e. The highest BCUT2D eigenvalue weighted by Crippen LogP contribution is 2.28. The number of ether oxygens (including phenoxy) is 3. The van der Waals surface area contributed by atoms with E-state index in [0.717, 1.165) is 0 Å². The van der Waals surface area contributed by atoms with Gasteiger partial charge in [-0.3, -0.25) is 19.2 Å². The molecule has 2 aromatic carbocycles. The quantitative estimate of drug-likeness (QED) is 0.504. The molecule has 8 heteroatoms. The van der Waals surface area contributed by atoms with Crippen molar-refractivity contribution in [3.8, 4) is 5.75 Å². The van der Waals surface area contributed by atoms with Crippen LogP contribution in [0.5, 0.6) is 5.75 Å². The van der Waals surface area contributed by atoms with Gasteiger partial charge in [-0.25, -0.2) is 0 Å². The summed E-state index contributed by atoms with van der Waals surface area (Å²) in [5.74, 6) is 0.168. The van der Waals surface area contributed by atoms with Gasteiger partial charge in [-0.05, 0) is 38.1 Å². The summed E-state index contributed by atoms with van der Waals surface area (Å²) in [6, 6.07) is 15.3. The molecule has 1 aliphatic rings. The van der Waals surface area contributed by atoms with Gasteiger partial charge in [0, 0.05) is 12.5 Å². The lowest BCUT2D eigenvalue weighted by molar-refractivity contribution is -0.145. The zero-order valence-corrected chi connectivity index (χ0v) is 19.1. The normalized spacial score (nSPS) is 14.3. The van der Waals surface area contributed by atoms with Gasteiger partial charge in [-0.1, -0.05) is 24.3 Å². The van der Waals surface area contributed by atoms with Crippen LogP contribution >= 0.6 is 0 Å². The molecule has 0 spiro atoms. The zero-order valence-electron chi connectivity index (χ0n) is 19.1. The number of carbonyl (C=O) groups is 3. The smallest absolute Gasteiger partial charge is 0.313 e. The first-order valence-corrected chi connectivity index (χ1v) is 11.0. The Hall–Kier alpha value is -3.94. The predicted octanol–water partition coefficient (Wildman–Crippen LogP) is 3.87. The van der Waals surface area contributed by atoms with Gasteiger partial charge in [-0.15, -0.1) is 0 Å². The first-order chi connectivity index (χ1) is 16.4. The maximum absolute atomic E-state index is 11.8. The molecule has 0 aliphatic carbocycles. The summed E-state index contributed by atoms with van der Waals surface area (Å²) in [4.78, 5) is 46.1. The van der Waals surface area contributed by atoms with E-state index in [9.17, 15) is 19.2 Å². The number of Topliss-reactive ketones (excluding diaryl/α,β-unsaturated/α-hetero) is 1. The molecule has 1 aromatic heterocycles. The van der Waals surface area contributed by atoms with E-state index >= 15 is 0 Å². The van der Waals surface area contributed by atoms with Crippen molar-refractivity contribution in [2.45, 2.75) is 39.2 Å². The van der Waals surface area contributed by atoms with Gasteiger partial charge in [0.1, 0.15) is 29.6 Å². The third-order valence-corrected chi connectivity index (χ3v) is 4.90. The van der Waals surface area contributed by atoms with Gasteiger partial charge < -0.3 is 18.6 Å². The molecule has 0 saturated carbocycles. The van der Waals surface area contributed by atoms with Crippen molar-refractivity contribution in [1.29, 1.82) is 0 Å². The van der Waals surface area contributed by atoms with Crippen LogP contribution in [0.3, 0.4) is 0 Å². The molecular weight excluding hydrogens is 440 g/mol. The van der Waals surface area contributed by atoms with Gasteiger partial charge in [0.2, 0.25) is 0 Å². The molecule has 1 unspecified atom stereocenters. The molecule has 0 fully saturated rings. The molecule has 0 N–H and O–H groups in total. The Morgan fingerprint density at radius 3 is 2.38 bits per heavy atom. The highest BCUT2D eigenvalue weighted by molar-refractivity contribution is 6.00. The summed E-state index contributed by atoms with van der Waals surface area (Å²) < 4.78 is 20.7. The van der Waals surface area contributed by atoms with E-state index in [2.05, 4.69) is 0 Å². The Kier molecular flexibility index (Phi) is 8.56. The predicted molar refractivity (Wildman–Crippen MR) is 124 cm³/mol. The number of esters is 2. The van der Waals surface area contributed by atoms with Crippen LogP contribution in [0.4, 0.5) is 0 Å². The SMILES string of the molecule is CCOC(=O)CC1CC(=O)c2ccccc2O1.CCOC(=O)Cc1cc(=O)c2ccccc2o1. The van der Waals surface area contributed by atoms with Crippen molar-refractivity contribution in [3.05, 3.63) is 76.1 Å². The molecule has 3 aromatic rings. The number of hydrogen-bond acceptors (Lipinski definition) is 8. The average Bonchev–Trinajstić information content (AvgIpc) is 2.80. The highest BCUT2D eigenvalue weighted by atomic mass is 16.5. The summed E-state index contributed by atoms with van der Waals surface area (Å²) in [5, 5.41) is 0.514. The Balaban J connectivity index is 0.000000191. The molecule has 1 aliphatic heterocycles. The lowest BCUT2D eigenvalue weighted by atomic mass is 9.99. The van der Waals surface area contributed by atoms with E-state index in [0.29, 0.717) is 41.3 Å². The van der Waals surface area contributed by atoms with Crippen molar-refractivity contribution < 1.29 is 33.0 Å². The summed E-state index contributed by atoms with van der Waals surface area (Å²) in [6.45, 7) is 4.14. The molecule has 2 heterocycles. The topological polar surface area (TPSA) is 109 Å². The van der Waals surface area contributed by atoms with Crippen LogP contribution in [-0.4, -0.2) is 37.0 Å². The fourth-order valence-electron chi connectivity index (χ4n) is 3.45.